The highest BCUT2D eigenvalue weighted by Crippen LogP contribution is 2.28. The van der Waals surface area contributed by atoms with Gasteiger partial charge in [-0.3, -0.25) is 14.3 Å². The lowest BCUT2D eigenvalue weighted by Gasteiger charge is -2.11. The Morgan fingerprint density at radius 1 is 1.00 bits per heavy atom. The van der Waals surface area contributed by atoms with Gasteiger partial charge in [-0.1, -0.05) is 18.9 Å². The second-order valence-electron chi connectivity index (χ2n) is 9.04. The molecule has 0 saturated carbocycles. The molecule has 36 heavy (non-hydrogen) atoms. The molecule has 0 aliphatic carbocycles. The summed E-state index contributed by atoms with van der Waals surface area (Å²) in [6, 6.07) is 6.72. The van der Waals surface area contributed by atoms with Gasteiger partial charge in [-0.2, -0.15) is 0 Å². The molecule has 4 rings (SSSR count). The molecule has 0 N–H and O–H groups in total. The van der Waals surface area contributed by atoms with Gasteiger partial charge in [0.25, 0.3) is 0 Å². The minimum absolute atomic E-state index is 0.0920. The zero-order chi connectivity index (χ0) is 25.8. The Morgan fingerprint density at radius 2 is 1.78 bits per heavy atom. The zero-order valence-corrected chi connectivity index (χ0v) is 21.2. The van der Waals surface area contributed by atoms with Gasteiger partial charge in [0.2, 0.25) is 0 Å². The van der Waals surface area contributed by atoms with E-state index in [4.69, 9.17) is 4.74 Å². The van der Waals surface area contributed by atoms with Crippen LogP contribution in [0.3, 0.4) is 0 Å². The van der Waals surface area contributed by atoms with Crippen LogP contribution in [0.4, 0.5) is 4.79 Å². The third kappa shape index (κ3) is 4.86. The molecule has 0 bridgehead atoms. The van der Waals surface area contributed by atoms with Gasteiger partial charge >= 0.3 is 12.0 Å². The van der Waals surface area contributed by atoms with Crippen LogP contribution in [0.1, 0.15) is 58.6 Å². The molecule has 0 saturated heterocycles. The van der Waals surface area contributed by atoms with Crippen LogP contribution in [0.2, 0.25) is 0 Å². The van der Waals surface area contributed by atoms with Crippen LogP contribution >= 0.6 is 0 Å². The summed E-state index contributed by atoms with van der Waals surface area (Å²) < 4.78 is 8.54. The highest BCUT2D eigenvalue weighted by atomic mass is 16.5. The largest absolute Gasteiger partial charge is 0.465 e. The van der Waals surface area contributed by atoms with Gasteiger partial charge in [-0.25, -0.2) is 14.6 Å². The van der Waals surface area contributed by atoms with E-state index in [-0.39, 0.29) is 17.4 Å². The number of ether oxygens (including phenoxy) is 1. The molecule has 9 nitrogen and oxygen atoms in total. The highest BCUT2D eigenvalue weighted by molar-refractivity contribution is 6.16. The molecule has 3 heterocycles. The van der Waals surface area contributed by atoms with Crippen molar-refractivity contribution in [3.8, 4) is 0 Å². The molecule has 3 aromatic heterocycles. The Hall–Kier alpha value is -4.01. The van der Waals surface area contributed by atoms with E-state index in [9.17, 15) is 14.4 Å². The van der Waals surface area contributed by atoms with E-state index in [1.165, 1.54) is 16.6 Å². The van der Waals surface area contributed by atoms with Gasteiger partial charge in [0.05, 0.1) is 29.9 Å². The molecular formula is C27H31N5O4. The van der Waals surface area contributed by atoms with Gasteiger partial charge in [-0.15, -0.1) is 0 Å². The van der Waals surface area contributed by atoms with Crippen molar-refractivity contribution < 1.29 is 19.1 Å². The van der Waals surface area contributed by atoms with Crippen molar-refractivity contribution in [2.75, 3.05) is 21.2 Å². The number of unbranched alkanes of at least 4 members (excludes halogenated alkanes) is 3. The maximum atomic E-state index is 13.2. The summed E-state index contributed by atoms with van der Waals surface area (Å²) in [7, 11) is 4.59. The lowest BCUT2D eigenvalue weighted by atomic mass is 10.00. The van der Waals surface area contributed by atoms with Crippen molar-refractivity contribution >= 4 is 39.7 Å². The zero-order valence-electron chi connectivity index (χ0n) is 21.2. The number of nitrogens with zero attached hydrogens (tertiary/aromatic N) is 5. The molecule has 4 aromatic rings. The number of pyridine rings is 1. The van der Waals surface area contributed by atoms with Crippen LogP contribution in [0.15, 0.2) is 42.9 Å². The monoisotopic (exact) mass is 489 g/mol. The lowest BCUT2D eigenvalue weighted by Crippen LogP contribution is -2.26. The van der Waals surface area contributed by atoms with E-state index in [0.29, 0.717) is 22.9 Å². The summed E-state index contributed by atoms with van der Waals surface area (Å²) >= 11 is 0. The standard InChI is InChI=1S/C27H31N5O4/c1-18-29-21-16-28-14-13-22(21)31(18)15-8-6-5-7-12-24(33)20-17-32(27(35)30(2)3)23-11-9-10-19(25(20)23)26(34)36-4/h9-11,13-14,16-17H,5-8,12,15H2,1-4H3. The maximum Gasteiger partial charge on any atom is 0.338 e. The molecule has 0 radical (unpaired) electrons. The van der Waals surface area contributed by atoms with Crippen molar-refractivity contribution in [1.29, 1.82) is 0 Å². The van der Waals surface area contributed by atoms with E-state index in [2.05, 4.69) is 14.5 Å². The number of hydrogen-bond donors (Lipinski definition) is 0. The highest BCUT2D eigenvalue weighted by Gasteiger charge is 2.24. The molecule has 0 aliphatic heterocycles. The van der Waals surface area contributed by atoms with Crippen molar-refractivity contribution in [3.05, 3.63) is 59.8 Å². The number of benzene rings is 1. The third-order valence-corrected chi connectivity index (χ3v) is 6.40. The Bertz CT molecular complexity index is 1430. The molecule has 0 spiro atoms. The number of ketones is 1. The first-order valence-electron chi connectivity index (χ1n) is 12.1. The first-order chi connectivity index (χ1) is 17.3. The van der Waals surface area contributed by atoms with E-state index < -0.39 is 5.97 Å². The van der Waals surface area contributed by atoms with Crippen molar-refractivity contribution in [3.63, 3.8) is 0 Å². The Balaban J connectivity index is 1.43. The number of carbonyl (C=O) groups excluding carboxylic acids is 3. The summed E-state index contributed by atoms with van der Waals surface area (Å²) in [5.74, 6) is 0.339. The number of imidazole rings is 1. The summed E-state index contributed by atoms with van der Waals surface area (Å²) in [5, 5.41) is 0.460. The molecule has 1 aromatic carbocycles. The number of esters is 1. The van der Waals surface area contributed by atoms with Gasteiger partial charge in [0, 0.05) is 50.4 Å². The predicted octanol–water partition coefficient (Wildman–Crippen LogP) is 4.84. The van der Waals surface area contributed by atoms with Crippen molar-refractivity contribution in [2.45, 2.75) is 45.6 Å². The predicted molar refractivity (Wildman–Crippen MR) is 137 cm³/mol. The second kappa shape index (κ2) is 10.7. The van der Waals surface area contributed by atoms with E-state index in [1.807, 2.05) is 13.0 Å². The van der Waals surface area contributed by atoms with Crippen LogP contribution < -0.4 is 0 Å². The van der Waals surface area contributed by atoms with Crippen LogP contribution in [-0.4, -0.2) is 63.0 Å². The number of hydrogen-bond acceptors (Lipinski definition) is 6. The smallest absolute Gasteiger partial charge is 0.338 e. The molecule has 0 aliphatic rings. The van der Waals surface area contributed by atoms with Gasteiger partial charge in [0.1, 0.15) is 11.3 Å². The van der Waals surface area contributed by atoms with Crippen LogP contribution in [0.25, 0.3) is 21.9 Å². The summed E-state index contributed by atoms with van der Waals surface area (Å²) in [6.07, 6.45) is 9.02. The topological polar surface area (TPSA) is 99.3 Å². The molecule has 188 valence electrons. The quantitative estimate of drug-likeness (QED) is 0.189. The number of Topliss-reactive ketones (excluding diaryl/α,β-unsaturated/α-hetero) is 1. The molecular weight excluding hydrogens is 458 g/mol. The first-order valence-corrected chi connectivity index (χ1v) is 12.1. The van der Waals surface area contributed by atoms with Crippen LogP contribution in [-0.2, 0) is 11.3 Å². The fourth-order valence-corrected chi connectivity index (χ4v) is 4.58. The van der Waals surface area contributed by atoms with Crippen molar-refractivity contribution in [1.82, 2.24) is 24.0 Å². The van der Waals surface area contributed by atoms with Gasteiger partial charge < -0.3 is 14.2 Å². The number of aryl methyl sites for hydroxylation is 2. The molecule has 9 heteroatoms. The number of aromatic nitrogens is 4. The summed E-state index contributed by atoms with van der Waals surface area (Å²) in [4.78, 5) is 48.5. The first kappa shape index (κ1) is 25.1. The van der Waals surface area contributed by atoms with E-state index in [0.717, 1.165) is 49.1 Å². The second-order valence-corrected chi connectivity index (χ2v) is 9.04. The number of fused-ring (bicyclic) bond motifs is 2. The van der Waals surface area contributed by atoms with Crippen LogP contribution in [0.5, 0.6) is 0 Å². The molecule has 0 unspecified atom stereocenters. The average molecular weight is 490 g/mol. The Kier molecular flexibility index (Phi) is 7.47. The van der Waals surface area contributed by atoms with Crippen molar-refractivity contribution in [2.24, 2.45) is 0 Å². The van der Waals surface area contributed by atoms with E-state index in [1.54, 1.807) is 50.9 Å². The normalized spacial score (nSPS) is 11.2. The number of amides is 1. The Morgan fingerprint density at radius 3 is 2.53 bits per heavy atom. The maximum absolute atomic E-state index is 13.2. The fraction of sp³-hybridized carbons (Fsp3) is 0.370. The third-order valence-electron chi connectivity index (χ3n) is 6.40. The number of carbonyl (C=O) groups is 3. The Labute approximate surface area is 209 Å². The number of rotatable bonds is 9. The summed E-state index contributed by atoms with van der Waals surface area (Å²) in [6.45, 7) is 2.86. The minimum Gasteiger partial charge on any atom is -0.465 e. The molecule has 0 atom stereocenters. The molecule has 1 amide bonds. The minimum atomic E-state index is -0.539. The van der Waals surface area contributed by atoms with E-state index >= 15 is 0 Å². The number of methoxy groups -OCH3 is 1. The molecule has 0 fully saturated rings. The van der Waals surface area contributed by atoms with Gasteiger partial charge in [-0.05, 0) is 38.0 Å². The SMILES string of the molecule is COC(=O)c1cccc2c1c(C(=O)CCCCCCn1c(C)nc3cnccc31)cn2C(=O)N(C)C. The fourth-order valence-electron chi connectivity index (χ4n) is 4.58. The lowest BCUT2D eigenvalue weighted by molar-refractivity contribution is 0.0603. The average Bonchev–Trinajstić information content (AvgIpc) is 3.42. The van der Waals surface area contributed by atoms with Crippen LogP contribution in [0, 0.1) is 6.92 Å². The summed E-state index contributed by atoms with van der Waals surface area (Å²) in [5.41, 5.74) is 3.15. The van der Waals surface area contributed by atoms with Gasteiger partial charge in [0.15, 0.2) is 5.78 Å².